The van der Waals surface area contributed by atoms with Gasteiger partial charge in [0.2, 0.25) is 0 Å². The van der Waals surface area contributed by atoms with E-state index in [1.807, 2.05) is 0 Å². The zero-order valence-electron chi connectivity index (χ0n) is 5.26. The van der Waals surface area contributed by atoms with Gasteiger partial charge in [-0.05, 0) is 0 Å². The van der Waals surface area contributed by atoms with Crippen LogP contribution in [0.1, 0.15) is 13.3 Å². The zero-order valence-corrected chi connectivity index (χ0v) is 11.7. The van der Waals surface area contributed by atoms with E-state index in [4.69, 9.17) is 5.11 Å². The maximum absolute atomic E-state index is 9.91. The second-order valence-corrected chi connectivity index (χ2v) is 1.59. The molecule has 0 rings (SSSR count). The Labute approximate surface area is 47.3 Å². The van der Waals surface area contributed by atoms with E-state index in [0.717, 1.165) is 0 Å². The Hall–Kier alpha value is -1.86. The summed E-state index contributed by atoms with van der Waals surface area (Å²) >= 11 is 0. The van der Waals surface area contributed by atoms with Gasteiger partial charge in [-0.3, -0.25) is 11.1 Å². The molecule has 0 aliphatic heterocycles. The molecule has 48 valence electrons. The third-order valence-corrected chi connectivity index (χ3v) is 0.811. The molecule has 9 heavy (non-hydrogen) atoms. The van der Waals surface area contributed by atoms with Gasteiger partial charge in [-0.15, -0.1) is 6.42 Å². The molecule has 0 aliphatic rings. The second-order valence-electron chi connectivity index (χ2n) is 1.59. The van der Waals surface area contributed by atoms with Crippen molar-refractivity contribution in [3.8, 4) is 0 Å². The molecule has 0 unspecified atom stereocenters. The van der Waals surface area contributed by atoms with Crippen LogP contribution in [0.2, 0.25) is 0 Å². The van der Waals surface area contributed by atoms with Crippen molar-refractivity contribution in [2.75, 3.05) is 0 Å². The van der Waals surface area contributed by atoms with Crippen molar-refractivity contribution in [3.05, 3.63) is 0 Å². The minimum Gasteiger partial charge on any atom is -0.542 e. The Kier molecular flexibility index (Phi) is 4.87. The van der Waals surface area contributed by atoms with Gasteiger partial charge in [-0.2, -0.15) is 0 Å². The minimum atomic E-state index is -0.951. The second kappa shape index (κ2) is 4.30. The van der Waals surface area contributed by atoms with Crippen LogP contribution in [0.4, 0.5) is 0 Å². The van der Waals surface area contributed by atoms with Gasteiger partial charge in [0.05, 0.1) is 0 Å². The van der Waals surface area contributed by atoms with E-state index in [9.17, 15) is 9.59 Å². The van der Waals surface area contributed by atoms with E-state index in [0.29, 0.717) is 0 Å². The van der Waals surface area contributed by atoms with Gasteiger partial charge in [0.1, 0.15) is 0 Å². The first-order chi connectivity index (χ1) is 3.68. The average molecular weight is 382 g/mol. The summed E-state index contributed by atoms with van der Waals surface area (Å²) in [5, 5.41) is 8.13. The van der Waals surface area contributed by atoms with Gasteiger partial charge in [0.15, 0.2) is 0 Å². The van der Waals surface area contributed by atoms with Gasteiger partial charge in [-0.1, -0.05) is 6.92 Å². The number of hydrogen-bond donors (Lipinski definition) is 1. The van der Waals surface area contributed by atoms with E-state index < -0.39 is 11.9 Å². The van der Waals surface area contributed by atoms with Crippen LogP contribution in [0, 0.1) is 5.92 Å². The Morgan fingerprint density at radius 2 is 2.22 bits per heavy atom. The van der Waals surface area contributed by atoms with Crippen LogP contribution in [0.3, 0.4) is 0 Å². The van der Waals surface area contributed by atoms with Crippen molar-refractivity contribution in [1.82, 2.24) is 0 Å². The predicted octanol–water partition coefficient (Wildman–Crippen LogP) is 0.207. The third kappa shape index (κ3) is 3.98. The fourth-order valence-electron chi connectivity index (χ4n) is 0.212. The quantitative estimate of drug-likeness (QED) is 0.711. The van der Waals surface area contributed by atoms with Crippen molar-refractivity contribution in [1.29, 1.82) is 0 Å². The van der Waals surface area contributed by atoms with E-state index >= 15 is 0 Å². The topological polar surface area (TPSA) is 54.4 Å². The summed E-state index contributed by atoms with van der Waals surface area (Å²) < 4.78 is 0. The molecule has 4 heteroatoms. The van der Waals surface area contributed by atoms with E-state index in [1.165, 1.54) is 13.2 Å². The van der Waals surface area contributed by atoms with E-state index in [1.54, 1.807) is 0 Å². The van der Waals surface area contributed by atoms with Gasteiger partial charge < -0.3 is 9.90 Å². The van der Waals surface area contributed by atoms with Crippen molar-refractivity contribution in [2.24, 2.45) is 5.92 Å². The molecule has 0 saturated heterocycles. The van der Waals surface area contributed by atoms with Crippen molar-refractivity contribution in [3.63, 3.8) is 0 Å². The molecule has 0 amide bonds. The Bertz CT molecular complexity index is 102. The first-order valence-electron chi connectivity index (χ1n) is 2.26. The average Bonchev–Trinajstić information content (AvgIpc) is 1.67. The van der Waals surface area contributed by atoms with Crippen LogP contribution in [-0.2, 0) is 9.59 Å². The zero-order chi connectivity index (χ0) is 6.57. The first-order valence-corrected chi connectivity index (χ1v) is 2.26. The van der Waals surface area contributed by atoms with Crippen molar-refractivity contribution in [2.45, 2.75) is 13.3 Å². The number of rotatable bonds is 3. The fourth-order valence-corrected chi connectivity index (χ4v) is 0.212. The standard InChI is InChI=1S/C5H7O3.Rf/c1-4(2-3-6)5(7)8;/h4H,2H2,1H3,(H,7,8);/q-1;/t4-;/m1./s1. The molecule has 3 nitrogen and oxygen atoms in total. The maximum Gasteiger partial charge on any atom is 0.303 e. The molecular formula is C5H7O3Rf-. The molecule has 0 radical (unpaired) electrons. The van der Waals surface area contributed by atoms with Crippen LogP contribution in [0.25, 0.3) is 0 Å². The fraction of sp³-hybridized carbons (Fsp3) is 0.600. The number of aliphatic carboxylic acids is 1. The molecule has 0 aromatic heterocycles. The summed E-state index contributed by atoms with van der Waals surface area (Å²) in [6.45, 7) is 1.47. The number of carbonyl (C=O) groups excluding carboxylic acids is 1. The summed E-state index contributed by atoms with van der Waals surface area (Å²) in [7, 11) is 0. The summed E-state index contributed by atoms with van der Waals surface area (Å²) in [5.41, 5.74) is 0. The first kappa shape index (κ1) is 10.2. The number of carboxylic acid groups (broad SMARTS) is 1. The molecular weight excluding hydrogens is 375 g/mol. The molecule has 0 aromatic carbocycles. The largest absolute Gasteiger partial charge is 0.542 e. The van der Waals surface area contributed by atoms with Crippen LogP contribution in [0.5, 0.6) is 0 Å². The maximum atomic E-state index is 9.91. The molecule has 0 aromatic rings. The summed E-state index contributed by atoms with van der Waals surface area (Å²) in [6.07, 6.45) is 1.50. The van der Waals surface area contributed by atoms with Crippen LogP contribution in [0.15, 0.2) is 0 Å². The minimum absolute atomic E-state index is 0. The molecule has 1 N–H and O–H groups in total. The SMILES string of the molecule is C[C@H](C[C-]=O)C(=O)O.[Rf]. The van der Waals surface area contributed by atoms with Crippen molar-refractivity contribution < 1.29 is 14.7 Å². The van der Waals surface area contributed by atoms with Gasteiger partial charge in [0, 0.05) is 5.92 Å². The molecule has 0 saturated carbocycles. The van der Waals surface area contributed by atoms with Crippen LogP contribution < -0.4 is 0 Å². The molecule has 1 atom stereocenters. The molecule has 0 aliphatic carbocycles. The number of carboxylic acids is 1. The molecule has 0 heterocycles. The summed E-state index contributed by atoms with van der Waals surface area (Å²) in [6, 6.07) is 0. The Balaban J connectivity index is 0. The van der Waals surface area contributed by atoms with Crippen LogP contribution in [-0.4, -0.2) is 17.4 Å². The van der Waals surface area contributed by atoms with Gasteiger partial charge >= 0.3 is 5.97 Å². The monoisotopic (exact) mass is 382 g/mol. The van der Waals surface area contributed by atoms with Crippen molar-refractivity contribution >= 4 is 12.3 Å². The third-order valence-electron chi connectivity index (χ3n) is 0.811. The normalized spacial score (nSPS) is 11.2. The number of carbonyl (C=O) groups is 1. The van der Waals surface area contributed by atoms with Gasteiger partial charge in [0.25, 0.3) is 0 Å². The van der Waals surface area contributed by atoms with Gasteiger partial charge in [-0.25, -0.2) is 0 Å². The number of hydrogen-bond acceptors (Lipinski definition) is 2. The van der Waals surface area contributed by atoms with Crippen LogP contribution >= 0.6 is 0 Å². The van der Waals surface area contributed by atoms with E-state index in [2.05, 4.69) is 0 Å². The van der Waals surface area contributed by atoms with E-state index in [-0.39, 0.29) is 6.42 Å². The molecule has 0 spiro atoms. The Morgan fingerprint density at radius 3 is 2.33 bits per heavy atom. The summed E-state index contributed by atoms with van der Waals surface area (Å²) in [4.78, 5) is 19.4. The smallest absolute Gasteiger partial charge is 0.303 e. The Morgan fingerprint density at radius 1 is 1.78 bits per heavy atom. The molecule has 0 bridgehead atoms. The summed E-state index contributed by atoms with van der Waals surface area (Å²) in [5.74, 6) is -1.54. The predicted molar refractivity (Wildman–Crippen MR) is 27.1 cm³/mol. The molecule has 0 fully saturated rings.